The van der Waals surface area contributed by atoms with E-state index < -0.39 is 12.0 Å². The number of carbonyl (C=O) groups is 1. The van der Waals surface area contributed by atoms with Gasteiger partial charge in [0.2, 0.25) is 0 Å². The minimum atomic E-state index is -0.869. The SMILES string of the molecule is O=C(O)C1c2nc[nH]c2CCN1Cc1cccc(OCCN2CCOCC2)c1. The van der Waals surface area contributed by atoms with Gasteiger partial charge in [-0.05, 0) is 17.7 Å². The predicted octanol–water partition coefficient (Wildman–Crippen LogP) is 1.30. The number of nitrogens with zero attached hydrogens (tertiary/aromatic N) is 3. The van der Waals surface area contributed by atoms with Gasteiger partial charge < -0.3 is 19.6 Å². The topological polar surface area (TPSA) is 90.9 Å². The van der Waals surface area contributed by atoms with Gasteiger partial charge in [0.1, 0.15) is 12.4 Å². The highest BCUT2D eigenvalue weighted by molar-refractivity contribution is 5.75. The maximum Gasteiger partial charge on any atom is 0.327 e. The first-order valence-corrected chi connectivity index (χ1v) is 9.71. The Bertz CT molecular complexity index is 803. The average molecular weight is 386 g/mol. The van der Waals surface area contributed by atoms with Crippen LogP contribution in [-0.4, -0.2) is 76.8 Å². The summed E-state index contributed by atoms with van der Waals surface area (Å²) in [5.41, 5.74) is 2.58. The fraction of sp³-hybridized carbons (Fsp3) is 0.500. The minimum Gasteiger partial charge on any atom is -0.492 e. The molecule has 0 saturated carbocycles. The van der Waals surface area contributed by atoms with Crippen molar-refractivity contribution in [3.05, 3.63) is 47.5 Å². The number of aromatic amines is 1. The molecule has 28 heavy (non-hydrogen) atoms. The molecule has 2 aromatic rings. The molecule has 2 aliphatic heterocycles. The molecular formula is C20H26N4O4. The van der Waals surface area contributed by atoms with Gasteiger partial charge in [0.15, 0.2) is 6.04 Å². The average Bonchev–Trinajstić information content (AvgIpc) is 3.17. The van der Waals surface area contributed by atoms with Gasteiger partial charge >= 0.3 is 5.97 Å². The van der Waals surface area contributed by atoms with Crippen molar-refractivity contribution >= 4 is 5.97 Å². The van der Waals surface area contributed by atoms with Crippen molar-refractivity contribution in [1.82, 2.24) is 19.8 Å². The van der Waals surface area contributed by atoms with E-state index in [1.54, 1.807) is 6.33 Å². The van der Waals surface area contributed by atoms with E-state index in [0.29, 0.717) is 25.4 Å². The number of imidazole rings is 1. The number of benzene rings is 1. The molecule has 1 saturated heterocycles. The molecule has 1 atom stereocenters. The van der Waals surface area contributed by atoms with Crippen molar-refractivity contribution in [3.8, 4) is 5.75 Å². The van der Waals surface area contributed by atoms with Gasteiger partial charge in [-0.1, -0.05) is 12.1 Å². The first-order chi connectivity index (χ1) is 13.7. The van der Waals surface area contributed by atoms with Crippen molar-refractivity contribution in [2.45, 2.75) is 19.0 Å². The number of morpholine rings is 1. The van der Waals surface area contributed by atoms with Crippen LogP contribution in [0.25, 0.3) is 0 Å². The predicted molar refractivity (Wildman–Crippen MR) is 102 cm³/mol. The number of hydrogen-bond acceptors (Lipinski definition) is 6. The van der Waals surface area contributed by atoms with E-state index in [1.807, 2.05) is 29.2 Å². The molecule has 1 aromatic carbocycles. The van der Waals surface area contributed by atoms with Crippen LogP contribution in [0.4, 0.5) is 0 Å². The lowest BCUT2D eigenvalue weighted by molar-refractivity contribution is -0.144. The molecule has 0 spiro atoms. The van der Waals surface area contributed by atoms with Crippen molar-refractivity contribution in [3.63, 3.8) is 0 Å². The largest absolute Gasteiger partial charge is 0.492 e. The number of rotatable bonds is 7. The summed E-state index contributed by atoms with van der Waals surface area (Å²) in [5.74, 6) is -0.0546. The van der Waals surface area contributed by atoms with E-state index in [9.17, 15) is 9.90 Å². The Morgan fingerprint density at radius 1 is 1.32 bits per heavy atom. The van der Waals surface area contributed by atoms with E-state index in [-0.39, 0.29) is 0 Å². The highest BCUT2D eigenvalue weighted by Crippen LogP contribution is 2.29. The summed E-state index contributed by atoms with van der Waals surface area (Å²) in [6, 6.07) is 7.19. The monoisotopic (exact) mass is 386 g/mol. The quantitative estimate of drug-likeness (QED) is 0.741. The van der Waals surface area contributed by atoms with Crippen LogP contribution in [0.1, 0.15) is 23.0 Å². The van der Waals surface area contributed by atoms with Crippen LogP contribution in [0, 0.1) is 0 Å². The van der Waals surface area contributed by atoms with Crippen LogP contribution in [0.2, 0.25) is 0 Å². The zero-order valence-electron chi connectivity index (χ0n) is 15.8. The Morgan fingerprint density at radius 2 is 2.18 bits per heavy atom. The van der Waals surface area contributed by atoms with Gasteiger partial charge in [-0.3, -0.25) is 14.6 Å². The fourth-order valence-electron chi connectivity index (χ4n) is 3.85. The molecule has 2 aliphatic rings. The number of nitrogens with one attached hydrogen (secondary N) is 1. The second kappa shape index (κ2) is 8.72. The van der Waals surface area contributed by atoms with Gasteiger partial charge in [-0.25, -0.2) is 4.98 Å². The first-order valence-electron chi connectivity index (χ1n) is 9.71. The molecule has 0 bridgehead atoms. The van der Waals surface area contributed by atoms with Crippen LogP contribution < -0.4 is 4.74 Å². The Balaban J connectivity index is 1.37. The normalized spacial score (nSPS) is 20.6. The number of carboxylic acids is 1. The zero-order chi connectivity index (χ0) is 19.3. The molecule has 1 unspecified atom stereocenters. The molecule has 3 heterocycles. The van der Waals surface area contributed by atoms with Gasteiger partial charge in [-0.2, -0.15) is 0 Å². The van der Waals surface area contributed by atoms with Crippen LogP contribution in [0.15, 0.2) is 30.6 Å². The second-order valence-corrected chi connectivity index (χ2v) is 7.18. The number of aromatic nitrogens is 2. The molecular weight excluding hydrogens is 360 g/mol. The zero-order valence-corrected chi connectivity index (χ0v) is 15.8. The summed E-state index contributed by atoms with van der Waals surface area (Å²) in [6.07, 6.45) is 2.35. The van der Waals surface area contributed by atoms with Crippen LogP contribution >= 0.6 is 0 Å². The molecule has 8 heteroatoms. The Hall–Kier alpha value is -2.42. The molecule has 0 aliphatic carbocycles. The van der Waals surface area contributed by atoms with Gasteiger partial charge in [0.25, 0.3) is 0 Å². The number of ether oxygens (including phenoxy) is 2. The Morgan fingerprint density at radius 3 is 3.00 bits per heavy atom. The summed E-state index contributed by atoms with van der Waals surface area (Å²) in [7, 11) is 0. The molecule has 1 fully saturated rings. The summed E-state index contributed by atoms with van der Waals surface area (Å²) in [4.78, 5) is 23.4. The summed E-state index contributed by atoms with van der Waals surface area (Å²) < 4.78 is 11.3. The molecule has 0 amide bonds. The van der Waals surface area contributed by atoms with Gasteiger partial charge in [-0.15, -0.1) is 0 Å². The third-order valence-corrected chi connectivity index (χ3v) is 5.32. The number of H-pyrrole nitrogens is 1. The van der Waals surface area contributed by atoms with E-state index in [0.717, 1.165) is 56.3 Å². The summed E-state index contributed by atoms with van der Waals surface area (Å²) >= 11 is 0. The number of carboxylic acid groups (broad SMARTS) is 1. The van der Waals surface area contributed by atoms with Gasteiger partial charge in [0.05, 0.1) is 25.2 Å². The number of hydrogen-bond donors (Lipinski definition) is 2. The van der Waals surface area contributed by atoms with E-state index >= 15 is 0 Å². The lowest BCUT2D eigenvalue weighted by Crippen LogP contribution is -2.39. The van der Waals surface area contributed by atoms with Crippen LogP contribution in [0.5, 0.6) is 5.75 Å². The van der Waals surface area contributed by atoms with Crippen molar-refractivity contribution in [2.75, 3.05) is 46.0 Å². The van der Waals surface area contributed by atoms with E-state index in [2.05, 4.69) is 14.9 Å². The van der Waals surface area contributed by atoms with E-state index in [4.69, 9.17) is 9.47 Å². The van der Waals surface area contributed by atoms with Crippen molar-refractivity contribution in [1.29, 1.82) is 0 Å². The number of aliphatic carboxylic acids is 1. The summed E-state index contributed by atoms with van der Waals surface area (Å²) in [5, 5.41) is 9.71. The third-order valence-electron chi connectivity index (χ3n) is 5.32. The highest BCUT2D eigenvalue weighted by atomic mass is 16.5. The van der Waals surface area contributed by atoms with Gasteiger partial charge in [0, 0.05) is 44.8 Å². The molecule has 150 valence electrons. The fourth-order valence-corrected chi connectivity index (χ4v) is 3.85. The lowest BCUT2D eigenvalue weighted by Gasteiger charge is -2.32. The smallest absolute Gasteiger partial charge is 0.327 e. The summed E-state index contributed by atoms with van der Waals surface area (Å²) in [6.45, 7) is 6.19. The van der Waals surface area contributed by atoms with Crippen molar-refractivity contribution < 1.29 is 19.4 Å². The van der Waals surface area contributed by atoms with Crippen LogP contribution in [0.3, 0.4) is 0 Å². The Kier molecular flexibility index (Phi) is 5.90. The Labute approximate surface area is 164 Å². The second-order valence-electron chi connectivity index (χ2n) is 7.18. The number of fused-ring (bicyclic) bond motifs is 1. The third kappa shape index (κ3) is 4.35. The molecule has 8 nitrogen and oxygen atoms in total. The maximum absolute atomic E-state index is 11.8. The molecule has 0 radical (unpaired) electrons. The first kappa shape index (κ1) is 18.9. The van der Waals surface area contributed by atoms with Crippen molar-refractivity contribution in [2.24, 2.45) is 0 Å². The molecule has 2 N–H and O–H groups in total. The maximum atomic E-state index is 11.8. The standard InChI is InChI=1S/C20H26N4O4/c25-20(26)19-18-17(21-14-22-18)4-5-24(19)13-15-2-1-3-16(12-15)28-11-8-23-6-9-27-10-7-23/h1-3,12,14,19H,4-11,13H2,(H,21,22)(H,25,26). The lowest BCUT2D eigenvalue weighted by atomic mass is 10.0. The minimum absolute atomic E-state index is 0.546. The van der Waals surface area contributed by atoms with E-state index in [1.165, 1.54) is 0 Å². The molecule has 1 aromatic heterocycles. The highest BCUT2D eigenvalue weighted by Gasteiger charge is 2.35. The van der Waals surface area contributed by atoms with Crippen LogP contribution in [-0.2, 0) is 22.5 Å². The molecule has 4 rings (SSSR count).